The molecule has 1 heterocycles. The van der Waals surface area contributed by atoms with Crippen molar-refractivity contribution in [1.29, 1.82) is 0 Å². The third-order valence-electron chi connectivity index (χ3n) is 2.65. The normalized spacial score (nSPS) is 11.3. The summed E-state index contributed by atoms with van der Waals surface area (Å²) in [4.78, 5) is 8.27. The summed E-state index contributed by atoms with van der Waals surface area (Å²) < 4.78 is 37.7. The number of benzene rings is 1. The Morgan fingerprint density at radius 2 is 1.76 bits per heavy atom. The standard InChI is InChI=1S/C13H12ClF3N4/c1-7-19-11(18-2)6-12(20-7)21-10-4-3-8(5-9(10)14)13(15,16)17/h3-6H,1-2H3,(H2,18,19,20,21). The highest BCUT2D eigenvalue weighted by atomic mass is 35.5. The summed E-state index contributed by atoms with van der Waals surface area (Å²) >= 11 is 5.88. The van der Waals surface area contributed by atoms with Crippen LogP contribution in [0.2, 0.25) is 5.02 Å². The van der Waals surface area contributed by atoms with Gasteiger partial charge in [-0.15, -0.1) is 0 Å². The van der Waals surface area contributed by atoms with E-state index in [4.69, 9.17) is 11.6 Å². The summed E-state index contributed by atoms with van der Waals surface area (Å²) in [6, 6.07) is 4.72. The first-order valence-corrected chi connectivity index (χ1v) is 6.34. The molecule has 0 saturated heterocycles. The molecule has 1 aromatic heterocycles. The van der Waals surface area contributed by atoms with E-state index in [1.165, 1.54) is 6.07 Å². The summed E-state index contributed by atoms with van der Waals surface area (Å²) in [5, 5.41) is 5.71. The quantitative estimate of drug-likeness (QED) is 0.889. The zero-order valence-electron chi connectivity index (χ0n) is 11.2. The van der Waals surface area contributed by atoms with Crippen LogP contribution >= 0.6 is 11.6 Å². The molecule has 2 N–H and O–H groups in total. The molecule has 112 valence electrons. The summed E-state index contributed by atoms with van der Waals surface area (Å²) in [6.07, 6.45) is -4.42. The fourth-order valence-corrected chi connectivity index (χ4v) is 1.92. The Morgan fingerprint density at radius 1 is 1.10 bits per heavy atom. The lowest BCUT2D eigenvalue weighted by Gasteiger charge is -2.12. The van der Waals surface area contributed by atoms with E-state index in [0.717, 1.165) is 12.1 Å². The molecule has 0 aliphatic carbocycles. The molecule has 0 fully saturated rings. The Balaban J connectivity index is 2.30. The van der Waals surface area contributed by atoms with Crippen molar-refractivity contribution in [3.63, 3.8) is 0 Å². The maximum Gasteiger partial charge on any atom is 0.416 e. The highest BCUT2D eigenvalue weighted by molar-refractivity contribution is 6.33. The molecule has 0 unspecified atom stereocenters. The van der Waals surface area contributed by atoms with E-state index in [0.29, 0.717) is 23.1 Å². The molecule has 0 aliphatic rings. The van der Waals surface area contributed by atoms with Gasteiger partial charge in [-0.1, -0.05) is 11.6 Å². The van der Waals surface area contributed by atoms with E-state index in [2.05, 4.69) is 20.6 Å². The molecule has 0 radical (unpaired) electrons. The number of rotatable bonds is 3. The number of aromatic nitrogens is 2. The van der Waals surface area contributed by atoms with Crippen molar-refractivity contribution in [3.05, 3.63) is 40.7 Å². The first kappa shape index (κ1) is 15.4. The van der Waals surface area contributed by atoms with Crippen LogP contribution in [0.15, 0.2) is 24.3 Å². The molecule has 0 saturated carbocycles. The maximum atomic E-state index is 12.6. The summed E-state index contributed by atoms with van der Waals surface area (Å²) in [5.41, 5.74) is -0.461. The van der Waals surface area contributed by atoms with Crippen LogP contribution in [0.5, 0.6) is 0 Å². The highest BCUT2D eigenvalue weighted by Gasteiger charge is 2.30. The van der Waals surface area contributed by atoms with Gasteiger partial charge in [0, 0.05) is 13.1 Å². The second-order valence-electron chi connectivity index (χ2n) is 4.25. The summed E-state index contributed by atoms with van der Waals surface area (Å²) in [7, 11) is 1.71. The van der Waals surface area contributed by atoms with Gasteiger partial charge < -0.3 is 10.6 Å². The summed E-state index contributed by atoms with van der Waals surface area (Å²) in [6.45, 7) is 1.71. The predicted molar refractivity (Wildman–Crippen MR) is 76.1 cm³/mol. The molecule has 2 rings (SSSR count). The first-order valence-electron chi connectivity index (χ1n) is 5.97. The van der Waals surface area contributed by atoms with Crippen LogP contribution in [-0.4, -0.2) is 17.0 Å². The third-order valence-corrected chi connectivity index (χ3v) is 2.97. The van der Waals surface area contributed by atoms with Gasteiger partial charge in [-0.3, -0.25) is 0 Å². The van der Waals surface area contributed by atoms with Gasteiger partial charge in [-0.2, -0.15) is 13.2 Å². The van der Waals surface area contributed by atoms with Crippen molar-refractivity contribution in [2.24, 2.45) is 0 Å². The number of hydrogen-bond donors (Lipinski definition) is 2. The topological polar surface area (TPSA) is 49.8 Å². The molecule has 0 bridgehead atoms. The van der Waals surface area contributed by atoms with Crippen molar-refractivity contribution >= 4 is 28.9 Å². The summed E-state index contributed by atoms with van der Waals surface area (Å²) in [5.74, 6) is 1.55. The average Bonchev–Trinajstić information content (AvgIpc) is 2.39. The van der Waals surface area contributed by atoms with Crippen LogP contribution in [0.3, 0.4) is 0 Å². The number of anilines is 3. The number of halogens is 4. The molecule has 4 nitrogen and oxygen atoms in total. The predicted octanol–water partition coefficient (Wildman–Crippen LogP) is 4.24. The molecule has 21 heavy (non-hydrogen) atoms. The van der Waals surface area contributed by atoms with Gasteiger partial charge in [0.05, 0.1) is 16.3 Å². The van der Waals surface area contributed by atoms with E-state index < -0.39 is 11.7 Å². The lowest BCUT2D eigenvalue weighted by molar-refractivity contribution is -0.137. The zero-order valence-corrected chi connectivity index (χ0v) is 12.0. The van der Waals surface area contributed by atoms with E-state index >= 15 is 0 Å². The average molecular weight is 317 g/mol. The van der Waals surface area contributed by atoms with E-state index in [-0.39, 0.29) is 5.02 Å². The van der Waals surface area contributed by atoms with Gasteiger partial charge >= 0.3 is 6.18 Å². The van der Waals surface area contributed by atoms with Gasteiger partial charge in [0.25, 0.3) is 0 Å². The molecule has 0 atom stereocenters. The number of nitrogens with zero attached hydrogens (tertiary/aromatic N) is 2. The smallest absolute Gasteiger partial charge is 0.373 e. The number of aryl methyl sites for hydroxylation is 1. The first-order chi connectivity index (χ1) is 9.79. The Hall–Kier alpha value is -2.02. The van der Waals surface area contributed by atoms with Gasteiger partial charge in [0.1, 0.15) is 17.5 Å². The number of alkyl halides is 3. The molecule has 0 amide bonds. The molecular formula is C13H12ClF3N4. The Labute approximate surface area is 124 Å². The Kier molecular flexibility index (Phi) is 4.22. The largest absolute Gasteiger partial charge is 0.416 e. The van der Waals surface area contributed by atoms with Crippen LogP contribution in [0, 0.1) is 6.92 Å². The SMILES string of the molecule is CNc1cc(Nc2ccc(C(F)(F)F)cc2Cl)nc(C)n1. The van der Waals surface area contributed by atoms with Gasteiger partial charge in [-0.25, -0.2) is 9.97 Å². The van der Waals surface area contributed by atoms with Gasteiger partial charge in [-0.05, 0) is 25.1 Å². The zero-order chi connectivity index (χ0) is 15.6. The van der Waals surface area contributed by atoms with Crippen molar-refractivity contribution in [2.45, 2.75) is 13.1 Å². The van der Waals surface area contributed by atoms with Crippen LogP contribution < -0.4 is 10.6 Å². The number of nitrogens with one attached hydrogen (secondary N) is 2. The van der Waals surface area contributed by atoms with Crippen molar-refractivity contribution in [3.8, 4) is 0 Å². The van der Waals surface area contributed by atoms with Gasteiger partial charge in [0.15, 0.2) is 0 Å². The Morgan fingerprint density at radius 3 is 2.33 bits per heavy atom. The molecule has 8 heteroatoms. The van der Waals surface area contributed by atoms with Crippen LogP contribution in [0.25, 0.3) is 0 Å². The van der Waals surface area contributed by atoms with Gasteiger partial charge in [0.2, 0.25) is 0 Å². The van der Waals surface area contributed by atoms with Crippen molar-refractivity contribution in [1.82, 2.24) is 9.97 Å². The lowest BCUT2D eigenvalue weighted by Crippen LogP contribution is -2.05. The van der Waals surface area contributed by atoms with E-state index in [1.54, 1.807) is 20.0 Å². The minimum atomic E-state index is -4.42. The minimum absolute atomic E-state index is 0.0351. The second kappa shape index (κ2) is 5.77. The molecular weight excluding hydrogens is 305 g/mol. The van der Waals surface area contributed by atoms with E-state index in [9.17, 15) is 13.2 Å². The molecule has 1 aromatic carbocycles. The fourth-order valence-electron chi connectivity index (χ4n) is 1.69. The number of hydrogen-bond acceptors (Lipinski definition) is 4. The molecule has 2 aromatic rings. The molecule has 0 spiro atoms. The lowest BCUT2D eigenvalue weighted by atomic mass is 10.2. The highest BCUT2D eigenvalue weighted by Crippen LogP contribution is 2.34. The molecule has 0 aliphatic heterocycles. The van der Waals surface area contributed by atoms with Crippen molar-refractivity contribution < 1.29 is 13.2 Å². The third kappa shape index (κ3) is 3.75. The van der Waals surface area contributed by atoms with Crippen LogP contribution in [0.4, 0.5) is 30.5 Å². The minimum Gasteiger partial charge on any atom is -0.373 e. The van der Waals surface area contributed by atoms with Crippen LogP contribution in [0.1, 0.15) is 11.4 Å². The maximum absolute atomic E-state index is 12.6. The Bertz CT molecular complexity index is 658. The fraction of sp³-hybridized carbons (Fsp3) is 0.231. The van der Waals surface area contributed by atoms with E-state index in [1.807, 2.05) is 0 Å². The second-order valence-corrected chi connectivity index (χ2v) is 4.66. The monoisotopic (exact) mass is 316 g/mol. The van der Waals surface area contributed by atoms with Crippen LogP contribution in [-0.2, 0) is 6.18 Å². The van der Waals surface area contributed by atoms with Crippen molar-refractivity contribution in [2.75, 3.05) is 17.7 Å².